The molecule has 3 aliphatic carbocycles. The molecule has 0 radical (unpaired) electrons. The Morgan fingerprint density at radius 2 is 1.71 bits per heavy atom. The van der Waals surface area contributed by atoms with E-state index in [1.54, 1.807) is 36.4 Å². The fourth-order valence-electron chi connectivity index (χ4n) is 6.38. The van der Waals surface area contributed by atoms with Crippen molar-refractivity contribution in [1.29, 1.82) is 0 Å². The summed E-state index contributed by atoms with van der Waals surface area (Å²) in [7, 11) is 1.47. The third-order valence-corrected chi connectivity index (χ3v) is 9.09. The predicted octanol–water partition coefficient (Wildman–Crippen LogP) is 5.13. The molecule has 0 saturated carbocycles. The van der Waals surface area contributed by atoms with Crippen molar-refractivity contribution in [3.63, 3.8) is 0 Å². The van der Waals surface area contributed by atoms with Gasteiger partial charge in [0.1, 0.15) is 11.5 Å². The monoisotopic (exact) mass is 637 g/mol. The summed E-state index contributed by atoms with van der Waals surface area (Å²) >= 11 is 6.61. The summed E-state index contributed by atoms with van der Waals surface area (Å²) in [6.45, 7) is 0. The molecular formula is C29H21Br2NO6. The highest BCUT2D eigenvalue weighted by Crippen LogP contribution is 2.57. The molecular weight excluding hydrogens is 618 g/mol. The largest absolute Gasteiger partial charge is 0.507 e. The first kappa shape index (κ1) is 25.0. The van der Waals surface area contributed by atoms with Gasteiger partial charge in [-0.25, -0.2) is 0 Å². The van der Waals surface area contributed by atoms with E-state index in [2.05, 4.69) is 31.9 Å². The maximum Gasteiger partial charge on any atom is 0.238 e. The molecule has 1 saturated heterocycles. The van der Waals surface area contributed by atoms with Crippen LogP contribution in [-0.2, 0) is 19.2 Å². The number of halogens is 2. The van der Waals surface area contributed by atoms with Gasteiger partial charge in [-0.05, 0) is 71.1 Å². The van der Waals surface area contributed by atoms with Gasteiger partial charge in [0, 0.05) is 33.2 Å². The highest BCUT2D eigenvalue weighted by atomic mass is 79.9. The zero-order valence-corrected chi connectivity index (χ0v) is 23.3. The maximum atomic E-state index is 13.9. The van der Waals surface area contributed by atoms with Gasteiger partial charge >= 0.3 is 0 Å². The number of rotatable bonds is 3. The number of amides is 2. The summed E-state index contributed by atoms with van der Waals surface area (Å²) in [5.41, 5.74) is 2.18. The Bertz CT molecular complexity index is 1540. The number of carbonyl (C=O) groups excluding carboxylic acids is 4. The third kappa shape index (κ3) is 3.59. The second-order valence-corrected chi connectivity index (χ2v) is 11.5. The molecule has 0 unspecified atom stereocenters. The Morgan fingerprint density at radius 1 is 0.974 bits per heavy atom. The number of imide groups is 1. The fraction of sp³-hybridized carbons (Fsp3) is 0.241. The minimum Gasteiger partial charge on any atom is -0.507 e. The number of aromatic hydroxyl groups is 1. The number of anilines is 1. The van der Waals surface area contributed by atoms with Crippen molar-refractivity contribution in [3.05, 3.63) is 85.9 Å². The summed E-state index contributed by atoms with van der Waals surface area (Å²) in [5.74, 6) is -3.57. The lowest BCUT2D eigenvalue weighted by atomic mass is 9.59. The second kappa shape index (κ2) is 9.17. The Morgan fingerprint density at radius 3 is 2.42 bits per heavy atom. The molecule has 4 atom stereocenters. The van der Waals surface area contributed by atoms with E-state index in [1.807, 2.05) is 6.08 Å². The number of allylic oxidation sites excluding steroid dienone is 6. The lowest BCUT2D eigenvalue weighted by Crippen LogP contribution is -2.39. The highest BCUT2D eigenvalue weighted by molar-refractivity contribution is 9.12. The van der Waals surface area contributed by atoms with Gasteiger partial charge in [-0.2, -0.15) is 0 Å². The maximum absolute atomic E-state index is 13.9. The smallest absolute Gasteiger partial charge is 0.238 e. The Kier molecular flexibility index (Phi) is 6.03. The number of benzene rings is 2. The molecule has 0 bridgehead atoms. The van der Waals surface area contributed by atoms with Crippen molar-refractivity contribution in [3.8, 4) is 11.5 Å². The molecule has 1 aliphatic heterocycles. The van der Waals surface area contributed by atoms with Crippen molar-refractivity contribution >= 4 is 60.9 Å². The molecule has 7 nitrogen and oxygen atoms in total. The van der Waals surface area contributed by atoms with E-state index in [1.165, 1.54) is 24.2 Å². The first-order valence-corrected chi connectivity index (χ1v) is 13.7. The van der Waals surface area contributed by atoms with Gasteiger partial charge in [0.25, 0.3) is 0 Å². The number of nitrogens with zero attached hydrogens (tertiary/aromatic N) is 1. The Balaban J connectivity index is 1.52. The lowest BCUT2D eigenvalue weighted by molar-refractivity contribution is -0.123. The van der Waals surface area contributed by atoms with E-state index in [-0.39, 0.29) is 45.6 Å². The van der Waals surface area contributed by atoms with Crippen LogP contribution in [0, 0.1) is 17.8 Å². The summed E-state index contributed by atoms with van der Waals surface area (Å²) in [5, 5.41) is 11.0. The quantitative estimate of drug-likeness (QED) is 0.284. The van der Waals surface area contributed by atoms with Crippen LogP contribution in [0.25, 0.3) is 0 Å². The summed E-state index contributed by atoms with van der Waals surface area (Å²) < 4.78 is 6.54. The number of ketones is 2. The first-order chi connectivity index (χ1) is 18.2. The first-order valence-electron chi connectivity index (χ1n) is 12.1. The van der Waals surface area contributed by atoms with Crippen LogP contribution in [0.2, 0.25) is 0 Å². The molecule has 1 fully saturated rings. The summed E-state index contributed by atoms with van der Waals surface area (Å²) in [6.07, 6.45) is 3.63. The van der Waals surface area contributed by atoms with Crippen LogP contribution in [0.4, 0.5) is 5.69 Å². The Labute approximate surface area is 235 Å². The number of carbonyl (C=O) groups is 4. The zero-order chi connectivity index (χ0) is 26.9. The van der Waals surface area contributed by atoms with Gasteiger partial charge in [-0.3, -0.25) is 24.1 Å². The average Bonchev–Trinajstić information content (AvgIpc) is 3.16. The van der Waals surface area contributed by atoms with Crippen LogP contribution in [0.1, 0.15) is 24.3 Å². The molecule has 2 aromatic rings. The molecule has 2 amide bonds. The summed E-state index contributed by atoms with van der Waals surface area (Å²) in [4.78, 5) is 55.4. The van der Waals surface area contributed by atoms with Gasteiger partial charge < -0.3 is 9.84 Å². The van der Waals surface area contributed by atoms with Gasteiger partial charge in [-0.1, -0.05) is 33.6 Å². The number of hydrogen-bond acceptors (Lipinski definition) is 6. The second-order valence-electron chi connectivity index (χ2n) is 9.77. The zero-order valence-electron chi connectivity index (χ0n) is 20.1. The molecule has 38 heavy (non-hydrogen) atoms. The van der Waals surface area contributed by atoms with E-state index < -0.39 is 23.7 Å². The van der Waals surface area contributed by atoms with E-state index in [4.69, 9.17) is 4.74 Å². The van der Waals surface area contributed by atoms with Gasteiger partial charge in [0.15, 0.2) is 11.6 Å². The molecule has 6 rings (SSSR count). The third-order valence-electron chi connectivity index (χ3n) is 7.97. The van der Waals surface area contributed by atoms with Gasteiger partial charge in [0.05, 0.1) is 29.1 Å². The van der Waals surface area contributed by atoms with Crippen LogP contribution in [-0.4, -0.2) is 35.6 Å². The Hall–Kier alpha value is -3.30. The number of ether oxygens (including phenoxy) is 1. The van der Waals surface area contributed by atoms with Crippen molar-refractivity contribution in [2.45, 2.75) is 18.8 Å². The lowest BCUT2D eigenvalue weighted by Gasteiger charge is -2.42. The normalized spacial score (nSPS) is 26.6. The number of hydrogen-bond donors (Lipinski definition) is 1. The number of methoxy groups -OCH3 is 1. The van der Waals surface area contributed by atoms with Crippen LogP contribution < -0.4 is 9.64 Å². The van der Waals surface area contributed by atoms with Crippen LogP contribution in [0.15, 0.2) is 80.3 Å². The fourth-order valence-corrected chi connectivity index (χ4v) is 7.09. The minimum atomic E-state index is -0.793. The summed E-state index contributed by atoms with van der Waals surface area (Å²) in [6, 6.07) is 11.8. The molecule has 4 aliphatic rings. The molecule has 1 N–H and O–H groups in total. The highest BCUT2D eigenvalue weighted by Gasteiger charge is 2.57. The van der Waals surface area contributed by atoms with Gasteiger partial charge in [-0.15, -0.1) is 0 Å². The van der Waals surface area contributed by atoms with Gasteiger partial charge in [0.2, 0.25) is 11.8 Å². The van der Waals surface area contributed by atoms with Crippen molar-refractivity contribution in [2.75, 3.05) is 12.0 Å². The van der Waals surface area contributed by atoms with Crippen LogP contribution in [0.3, 0.4) is 0 Å². The van der Waals surface area contributed by atoms with Crippen molar-refractivity contribution < 1.29 is 29.0 Å². The number of phenolic OH excluding ortho intramolecular Hbond substituents is 1. The van der Waals surface area contributed by atoms with E-state index in [0.717, 1.165) is 10.0 Å². The van der Waals surface area contributed by atoms with Crippen LogP contribution >= 0.6 is 31.9 Å². The van der Waals surface area contributed by atoms with E-state index in [0.29, 0.717) is 29.0 Å². The standard InChI is InChI=1S/C29H21Br2NO6/c1-38-22-4-2-3-20(33)26(22)25-15-9-10-16-23(17(15)11-18-24(25)21(34)12-19(31)27(18)35)29(37)32(28(16)36)14-7-5-13(30)6-8-14/h2-9,12,16-17,23,25,33H,10-11H2,1H3/t16-,17+,23-,25-/m0/s1. The topological polar surface area (TPSA) is 101 Å². The molecule has 1 heterocycles. The molecule has 2 aromatic carbocycles. The minimum absolute atomic E-state index is 0.0796. The molecule has 192 valence electrons. The van der Waals surface area contributed by atoms with E-state index >= 15 is 0 Å². The predicted molar refractivity (Wildman–Crippen MR) is 146 cm³/mol. The van der Waals surface area contributed by atoms with Crippen molar-refractivity contribution in [2.24, 2.45) is 17.8 Å². The van der Waals surface area contributed by atoms with E-state index in [9.17, 15) is 24.3 Å². The molecule has 0 spiro atoms. The van der Waals surface area contributed by atoms with Crippen molar-refractivity contribution in [1.82, 2.24) is 0 Å². The van der Waals surface area contributed by atoms with Crippen LogP contribution in [0.5, 0.6) is 11.5 Å². The molecule has 9 heteroatoms. The average molecular weight is 639 g/mol. The number of Topliss-reactive ketones (excluding diaryl/α,β-unsaturated/α-hetero) is 1. The SMILES string of the molecule is COc1cccc(O)c1[C@H]1C2=CC[C@@H]3C(=O)N(c4ccc(Br)cc4)C(=O)[C@@H]3[C@@H]2CC2=C1C(=O)C=C(Br)C2=O. The number of fused-ring (bicyclic) bond motifs is 3. The molecule has 0 aromatic heterocycles. The number of phenols is 1.